The number of methoxy groups -OCH3 is 1. The summed E-state index contributed by atoms with van der Waals surface area (Å²) in [4.78, 5) is 5.12. The van der Waals surface area contributed by atoms with Gasteiger partial charge in [-0.1, -0.05) is 6.07 Å². The monoisotopic (exact) mass is 289 g/mol. The van der Waals surface area contributed by atoms with E-state index in [1.54, 1.807) is 7.11 Å². The SMILES string of the molecule is CNC1c2cc(OC)ccc2CC1N1CCN(C)C(C)C1. The third-order valence-electron chi connectivity index (χ3n) is 5.27. The third-order valence-corrected chi connectivity index (χ3v) is 5.27. The zero-order valence-corrected chi connectivity index (χ0v) is 13.6. The number of nitrogens with zero attached hydrogens (tertiary/aromatic N) is 2. The van der Waals surface area contributed by atoms with Crippen LogP contribution in [0.5, 0.6) is 5.75 Å². The van der Waals surface area contributed by atoms with Gasteiger partial charge >= 0.3 is 0 Å². The van der Waals surface area contributed by atoms with Crippen LogP contribution in [0.4, 0.5) is 0 Å². The van der Waals surface area contributed by atoms with E-state index in [0.29, 0.717) is 18.1 Å². The number of benzene rings is 1. The van der Waals surface area contributed by atoms with Crippen LogP contribution in [0.1, 0.15) is 24.1 Å². The molecule has 1 aromatic rings. The van der Waals surface area contributed by atoms with E-state index in [0.717, 1.165) is 31.8 Å². The van der Waals surface area contributed by atoms with Crippen LogP contribution < -0.4 is 10.1 Å². The minimum atomic E-state index is 0.408. The first-order chi connectivity index (χ1) is 10.1. The van der Waals surface area contributed by atoms with Crippen LogP contribution >= 0.6 is 0 Å². The Balaban J connectivity index is 1.82. The number of ether oxygens (including phenoxy) is 1. The van der Waals surface area contributed by atoms with Crippen LogP contribution in [0, 0.1) is 0 Å². The minimum Gasteiger partial charge on any atom is -0.497 e. The first-order valence-electron chi connectivity index (χ1n) is 7.92. The molecule has 1 aromatic carbocycles. The van der Waals surface area contributed by atoms with E-state index in [9.17, 15) is 0 Å². The smallest absolute Gasteiger partial charge is 0.119 e. The number of rotatable bonds is 3. The van der Waals surface area contributed by atoms with Crippen molar-refractivity contribution in [2.24, 2.45) is 0 Å². The highest BCUT2D eigenvalue weighted by Crippen LogP contribution is 2.37. The van der Waals surface area contributed by atoms with Gasteiger partial charge in [-0.15, -0.1) is 0 Å². The lowest BCUT2D eigenvalue weighted by atomic mass is 10.0. The van der Waals surface area contributed by atoms with Gasteiger partial charge in [0.15, 0.2) is 0 Å². The summed E-state index contributed by atoms with van der Waals surface area (Å²) in [6.07, 6.45) is 1.14. The Kier molecular flexibility index (Phi) is 4.20. The quantitative estimate of drug-likeness (QED) is 0.913. The highest BCUT2D eigenvalue weighted by Gasteiger charge is 2.37. The molecule has 4 heteroatoms. The Morgan fingerprint density at radius 1 is 1.29 bits per heavy atom. The Bertz CT molecular complexity index is 505. The zero-order valence-electron chi connectivity index (χ0n) is 13.6. The lowest BCUT2D eigenvalue weighted by Gasteiger charge is -2.42. The molecule has 1 aliphatic carbocycles. The summed E-state index contributed by atoms with van der Waals surface area (Å²) in [6.45, 7) is 5.80. The normalized spacial score (nSPS) is 30.4. The average Bonchev–Trinajstić information content (AvgIpc) is 2.87. The molecule has 0 spiro atoms. The predicted molar refractivity (Wildman–Crippen MR) is 86.0 cm³/mol. The summed E-state index contributed by atoms with van der Waals surface area (Å²) in [5.74, 6) is 0.960. The zero-order chi connectivity index (χ0) is 15.0. The summed E-state index contributed by atoms with van der Waals surface area (Å²) in [5, 5.41) is 3.53. The maximum atomic E-state index is 5.40. The van der Waals surface area contributed by atoms with Gasteiger partial charge in [-0.25, -0.2) is 0 Å². The molecule has 116 valence electrons. The van der Waals surface area contributed by atoms with Gasteiger partial charge < -0.3 is 15.0 Å². The number of piperazine rings is 1. The van der Waals surface area contributed by atoms with Crippen molar-refractivity contribution >= 4 is 0 Å². The first-order valence-corrected chi connectivity index (χ1v) is 7.92. The number of likely N-dealkylation sites (N-methyl/N-ethyl adjacent to an activating group) is 2. The van der Waals surface area contributed by atoms with E-state index < -0.39 is 0 Å². The Labute approximate surface area is 128 Å². The van der Waals surface area contributed by atoms with E-state index in [2.05, 4.69) is 54.3 Å². The molecule has 3 rings (SSSR count). The molecule has 1 saturated heterocycles. The summed E-state index contributed by atoms with van der Waals surface area (Å²) in [7, 11) is 6.04. The van der Waals surface area contributed by atoms with Crippen molar-refractivity contribution in [1.82, 2.24) is 15.1 Å². The summed E-state index contributed by atoms with van der Waals surface area (Å²) in [6, 6.07) is 8.13. The molecule has 1 aliphatic heterocycles. The van der Waals surface area contributed by atoms with Crippen molar-refractivity contribution in [1.29, 1.82) is 0 Å². The van der Waals surface area contributed by atoms with Crippen molar-refractivity contribution in [2.45, 2.75) is 31.5 Å². The molecule has 3 unspecified atom stereocenters. The van der Waals surface area contributed by atoms with Gasteiger partial charge in [0.25, 0.3) is 0 Å². The largest absolute Gasteiger partial charge is 0.497 e. The molecule has 0 bridgehead atoms. The fourth-order valence-electron chi connectivity index (χ4n) is 3.79. The third kappa shape index (κ3) is 2.68. The van der Waals surface area contributed by atoms with E-state index in [1.165, 1.54) is 11.1 Å². The molecule has 4 nitrogen and oxygen atoms in total. The van der Waals surface area contributed by atoms with Crippen LogP contribution in [0.3, 0.4) is 0 Å². The van der Waals surface area contributed by atoms with E-state index >= 15 is 0 Å². The van der Waals surface area contributed by atoms with Crippen LogP contribution in [-0.2, 0) is 6.42 Å². The second kappa shape index (κ2) is 5.95. The standard InChI is InChI=1S/C17H27N3O/c1-12-11-20(8-7-19(12)3)16-9-13-5-6-14(21-4)10-15(13)17(16)18-2/h5-6,10,12,16-18H,7-9,11H2,1-4H3. The van der Waals surface area contributed by atoms with Gasteiger partial charge in [0.2, 0.25) is 0 Å². The lowest BCUT2D eigenvalue weighted by Crippen LogP contribution is -2.55. The molecule has 0 radical (unpaired) electrons. The van der Waals surface area contributed by atoms with Crippen molar-refractivity contribution < 1.29 is 4.74 Å². The number of nitrogens with one attached hydrogen (secondary N) is 1. The van der Waals surface area contributed by atoms with Gasteiger partial charge in [-0.2, -0.15) is 0 Å². The second-order valence-electron chi connectivity index (χ2n) is 6.43. The van der Waals surface area contributed by atoms with Gasteiger partial charge in [0, 0.05) is 37.8 Å². The summed E-state index contributed by atoms with van der Waals surface area (Å²) >= 11 is 0. The van der Waals surface area contributed by atoms with Crippen molar-refractivity contribution in [3.05, 3.63) is 29.3 Å². The van der Waals surface area contributed by atoms with Crippen molar-refractivity contribution in [3.63, 3.8) is 0 Å². The van der Waals surface area contributed by atoms with Crippen molar-refractivity contribution in [2.75, 3.05) is 40.8 Å². The van der Waals surface area contributed by atoms with Gasteiger partial charge in [-0.05, 0) is 50.7 Å². The number of hydrogen-bond donors (Lipinski definition) is 1. The molecule has 21 heavy (non-hydrogen) atoms. The Morgan fingerprint density at radius 2 is 2.10 bits per heavy atom. The fourth-order valence-corrected chi connectivity index (χ4v) is 3.79. The first kappa shape index (κ1) is 14.8. The van der Waals surface area contributed by atoms with E-state index in [1.807, 2.05) is 0 Å². The van der Waals surface area contributed by atoms with E-state index in [-0.39, 0.29) is 0 Å². The lowest BCUT2D eigenvalue weighted by molar-refractivity contribution is 0.0624. The molecule has 3 atom stereocenters. The predicted octanol–water partition coefficient (Wildman–Crippen LogP) is 1.52. The number of hydrogen-bond acceptors (Lipinski definition) is 4. The van der Waals surface area contributed by atoms with Gasteiger partial charge in [0.1, 0.15) is 5.75 Å². The highest BCUT2D eigenvalue weighted by atomic mass is 16.5. The molecule has 0 amide bonds. The molecule has 2 aliphatic rings. The highest BCUT2D eigenvalue weighted by molar-refractivity contribution is 5.42. The van der Waals surface area contributed by atoms with Gasteiger partial charge in [-0.3, -0.25) is 4.90 Å². The maximum absolute atomic E-state index is 5.40. The fraction of sp³-hybridized carbons (Fsp3) is 0.647. The molecule has 1 fully saturated rings. The topological polar surface area (TPSA) is 27.7 Å². The Hall–Kier alpha value is -1.10. The van der Waals surface area contributed by atoms with Crippen LogP contribution in [-0.4, -0.2) is 62.7 Å². The van der Waals surface area contributed by atoms with Crippen molar-refractivity contribution in [3.8, 4) is 5.75 Å². The molecular formula is C17H27N3O. The molecular weight excluding hydrogens is 262 g/mol. The van der Waals surface area contributed by atoms with Crippen LogP contribution in [0.25, 0.3) is 0 Å². The molecule has 0 saturated carbocycles. The summed E-state index contributed by atoms with van der Waals surface area (Å²) < 4.78 is 5.40. The molecule has 1 heterocycles. The molecule has 0 aromatic heterocycles. The summed E-state index contributed by atoms with van der Waals surface area (Å²) in [5.41, 5.74) is 2.88. The van der Waals surface area contributed by atoms with Crippen LogP contribution in [0.15, 0.2) is 18.2 Å². The van der Waals surface area contributed by atoms with Crippen LogP contribution in [0.2, 0.25) is 0 Å². The van der Waals surface area contributed by atoms with Gasteiger partial charge in [0.05, 0.1) is 7.11 Å². The average molecular weight is 289 g/mol. The number of fused-ring (bicyclic) bond motifs is 1. The minimum absolute atomic E-state index is 0.408. The molecule has 1 N–H and O–H groups in total. The van der Waals surface area contributed by atoms with E-state index in [4.69, 9.17) is 4.74 Å². The second-order valence-corrected chi connectivity index (χ2v) is 6.43. The maximum Gasteiger partial charge on any atom is 0.119 e. The Morgan fingerprint density at radius 3 is 2.76 bits per heavy atom.